The molecule has 3 saturated heterocycles. The molecule has 1 aromatic rings. The first-order valence-corrected chi connectivity index (χ1v) is 8.08. The fourth-order valence-electron chi connectivity index (χ4n) is 3.23. The number of ether oxygens (including phenoxy) is 1. The van der Waals surface area contributed by atoms with Gasteiger partial charge in [-0.2, -0.15) is 0 Å². The van der Waals surface area contributed by atoms with Crippen molar-refractivity contribution >= 4 is 19.2 Å². The Morgan fingerprint density at radius 1 is 1.36 bits per heavy atom. The minimum Gasteiger partial charge on any atom is -0.511 e. The molecule has 0 saturated carbocycles. The molecule has 1 amide bonds. The number of aromatic nitrogens is 1. The maximum absolute atomic E-state index is 14.3. The molecule has 10 heteroatoms. The van der Waals surface area contributed by atoms with Crippen molar-refractivity contribution < 1.29 is 28.6 Å². The smallest absolute Gasteiger partial charge is 0.511 e. The highest BCUT2D eigenvalue weighted by molar-refractivity contribution is 6.33. The van der Waals surface area contributed by atoms with E-state index in [1.165, 1.54) is 6.20 Å². The van der Waals surface area contributed by atoms with Crippen LogP contribution < -0.4 is 9.55 Å². The Kier molecular flexibility index (Phi) is 4.50. The number of piperazine rings is 1. The Balaban J connectivity index is 1.66. The van der Waals surface area contributed by atoms with E-state index in [1.807, 2.05) is 20.8 Å². The van der Waals surface area contributed by atoms with Crippen LogP contribution in [0.15, 0.2) is 12.3 Å². The lowest BCUT2D eigenvalue weighted by Crippen LogP contribution is -2.70. The van der Waals surface area contributed by atoms with Crippen molar-refractivity contribution in [3.63, 3.8) is 0 Å². The Morgan fingerprint density at radius 2 is 2.00 bits per heavy atom. The zero-order valence-corrected chi connectivity index (χ0v) is 14.3. The molecule has 2 unspecified atom stereocenters. The zero-order chi connectivity index (χ0) is 18.4. The van der Waals surface area contributed by atoms with E-state index >= 15 is 0 Å². The van der Waals surface area contributed by atoms with Crippen LogP contribution in [0.5, 0.6) is 5.75 Å². The summed E-state index contributed by atoms with van der Waals surface area (Å²) in [5, 5.41) is 17.5. The number of carbonyl (C=O) groups is 1. The van der Waals surface area contributed by atoms with Crippen LogP contribution in [0.1, 0.15) is 27.2 Å². The minimum atomic E-state index is -2.03. The molecule has 2 N–H and O–H groups in total. The lowest BCUT2D eigenvalue weighted by atomic mass is 9.88. The van der Waals surface area contributed by atoms with Gasteiger partial charge in [-0.15, -0.1) is 0 Å². The van der Waals surface area contributed by atoms with Gasteiger partial charge in [0.05, 0.1) is 18.3 Å². The van der Waals surface area contributed by atoms with Gasteiger partial charge < -0.3 is 24.3 Å². The lowest BCUT2D eigenvalue weighted by Gasteiger charge is -2.56. The normalized spacial score (nSPS) is 22.3. The monoisotopic (exact) mass is 353 g/mol. The van der Waals surface area contributed by atoms with Gasteiger partial charge in [0, 0.05) is 19.2 Å². The molecule has 2 atom stereocenters. The highest BCUT2D eigenvalue weighted by Gasteiger charge is 2.49. The predicted molar refractivity (Wildman–Crippen MR) is 87.5 cm³/mol. The van der Waals surface area contributed by atoms with Gasteiger partial charge in [-0.1, -0.05) is 0 Å². The molecule has 3 fully saturated rings. The van der Waals surface area contributed by atoms with Gasteiger partial charge in [0.15, 0.2) is 11.6 Å². The number of pyridine rings is 1. The fourth-order valence-corrected chi connectivity index (χ4v) is 3.23. The van der Waals surface area contributed by atoms with Crippen LogP contribution >= 0.6 is 0 Å². The van der Waals surface area contributed by atoms with E-state index in [4.69, 9.17) is 14.8 Å². The molecule has 0 spiro atoms. The maximum atomic E-state index is 14.3. The van der Waals surface area contributed by atoms with E-state index in [-0.39, 0.29) is 29.7 Å². The predicted octanol–water partition coefficient (Wildman–Crippen LogP) is 0.767. The van der Waals surface area contributed by atoms with Crippen molar-refractivity contribution in [3.05, 3.63) is 18.1 Å². The van der Waals surface area contributed by atoms with Crippen LogP contribution in [0.25, 0.3) is 0 Å². The fraction of sp³-hybridized carbons (Fsp3) is 0.600. The number of nitrogens with zero attached hydrogens (tertiary/aromatic N) is 3. The number of fused-ring (bicyclic) bond motifs is 2. The van der Waals surface area contributed by atoms with E-state index in [0.29, 0.717) is 13.1 Å². The Hall–Kier alpha value is -2.07. The zero-order valence-electron chi connectivity index (χ0n) is 14.3. The number of anilines is 1. The third-order valence-corrected chi connectivity index (χ3v) is 4.14. The van der Waals surface area contributed by atoms with E-state index in [1.54, 1.807) is 9.80 Å². The average Bonchev–Trinajstić information content (AvgIpc) is 2.44. The molecule has 4 rings (SSSR count). The highest BCUT2D eigenvalue weighted by Crippen LogP contribution is 2.36. The van der Waals surface area contributed by atoms with Gasteiger partial charge in [-0.05, 0) is 27.2 Å². The first kappa shape index (κ1) is 17.7. The van der Waals surface area contributed by atoms with Crippen molar-refractivity contribution in [2.75, 3.05) is 18.0 Å². The molecule has 0 aliphatic carbocycles. The van der Waals surface area contributed by atoms with Gasteiger partial charge in [-0.3, -0.25) is 4.90 Å². The molecular formula is C15H21BFN3O5. The summed E-state index contributed by atoms with van der Waals surface area (Å²) < 4.78 is 24.2. The molecule has 2 bridgehead atoms. The number of piperidine rings is 1. The van der Waals surface area contributed by atoms with Crippen molar-refractivity contribution in [3.8, 4) is 5.75 Å². The molecule has 3 aliphatic heterocycles. The molecular weight excluding hydrogens is 332 g/mol. The second-order valence-corrected chi connectivity index (χ2v) is 7.26. The van der Waals surface area contributed by atoms with Crippen LogP contribution in [0, 0.1) is 5.82 Å². The summed E-state index contributed by atoms with van der Waals surface area (Å²) >= 11 is 0. The maximum Gasteiger partial charge on any atom is 0.707 e. The van der Waals surface area contributed by atoms with E-state index < -0.39 is 18.7 Å². The molecule has 8 nitrogen and oxygen atoms in total. The SMILES string of the molecule is CC(C)(C)OC(=O)N1C2CC1CN(c1ncc(OB(O)O)cc1F)C2. The van der Waals surface area contributed by atoms with E-state index in [2.05, 4.69) is 9.64 Å². The van der Waals surface area contributed by atoms with E-state index in [9.17, 15) is 9.18 Å². The number of hydrogen-bond donors (Lipinski definition) is 2. The van der Waals surface area contributed by atoms with Crippen LogP contribution in [-0.4, -0.2) is 64.1 Å². The Morgan fingerprint density at radius 3 is 2.52 bits per heavy atom. The number of rotatable bonds is 3. The van der Waals surface area contributed by atoms with Gasteiger partial charge in [0.1, 0.15) is 11.4 Å². The van der Waals surface area contributed by atoms with Crippen molar-refractivity contribution in [1.29, 1.82) is 0 Å². The summed E-state index contributed by atoms with van der Waals surface area (Å²) in [6.45, 7) is 6.38. The van der Waals surface area contributed by atoms with Crippen LogP contribution in [0.2, 0.25) is 0 Å². The number of hydrogen-bond acceptors (Lipinski definition) is 7. The van der Waals surface area contributed by atoms with Gasteiger partial charge in [-0.25, -0.2) is 14.2 Å². The average molecular weight is 353 g/mol. The van der Waals surface area contributed by atoms with E-state index in [0.717, 1.165) is 12.5 Å². The summed E-state index contributed by atoms with van der Waals surface area (Å²) in [5.74, 6) is -0.546. The van der Waals surface area contributed by atoms with Crippen LogP contribution in [0.3, 0.4) is 0 Å². The Bertz CT molecular complexity index is 657. The molecule has 4 heterocycles. The molecule has 0 aromatic carbocycles. The van der Waals surface area contributed by atoms with Crippen molar-refractivity contribution in [2.45, 2.75) is 44.9 Å². The molecule has 1 aromatic heterocycles. The summed E-state index contributed by atoms with van der Waals surface area (Å²) in [7, 11) is -2.03. The minimum absolute atomic E-state index is 0.0370. The lowest BCUT2D eigenvalue weighted by molar-refractivity contribution is -0.0381. The summed E-state index contributed by atoms with van der Waals surface area (Å²) in [5.41, 5.74) is -0.554. The first-order valence-electron chi connectivity index (χ1n) is 8.08. The number of carbonyl (C=O) groups excluding carboxylic acids is 1. The third-order valence-electron chi connectivity index (χ3n) is 4.14. The second kappa shape index (κ2) is 6.34. The summed E-state index contributed by atoms with van der Waals surface area (Å²) in [6.07, 6.45) is 1.74. The van der Waals surface area contributed by atoms with Gasteiger partial charge >= 0.3 is 13.4 Å². The first-order chi connectivity index (χ1) is 11.6. The summed E-state index contributed by atoms with van der Waals surface area (Å²) in [4.78, 5) is 19.7. The molecule has 136 valence electrons. The largest absolute Gasteiger partial charge is 0.707 e. The third kappa shape index (κ3) is 3.79. The quantitative estimate of drug-likeness (QED) is 0.775. The second-order valence-electron chi connectivity index (χ2n) is 7.26. The number of halogens is 1. The van der Waals surface area contributed by atoms with Crippen LogP contribution in [0.4, 0.5) is 15.0 Å². The standard InChI is InChI=1S/C15H21BFN3O5/c1-15(2,3)24-14(21)20-9-4-10(20)8-19(7-9)13-12(17)5-11(6-18-13)25-16(22)23/h5-6,9-10,22-23H,4,7-8H2,1-3H3. The number of amides is 1. The summed E-state index contributed by atoms with van der Waals surface area (Å²) in [6, 6.07) is 0.975. The molecule has 3 aliphatic rings. The molecule has 0 radical (unpaired) electrons. The van der Waals surface area contributed by atoms with Crippen molar-refractivity contribution in [1.82, 2.24) is 9.88 Å². The van der Waals surface area contributed by atoms with Gasteiger partial charge in [0.25, 0.3) is 0 Å². The Labute approximate surface area is 145 Å². The highest BCUT2D eigenvalue weighted by atomic mass is 19.1. The van der Waals surface area contributed by atoms with Crippen molar-refractivity contribution in [2.24, 2.45) is 0 Å². The topological polar surface area (TPSA) is 95.4 Å². The molecule has 25 heavy (non-hydrogen) atoms. The van der Waals surface area contributed by atoms with Crippen LogP contribution in [-0.2, 0) is 4.74 Å². The van der Waals surface area contributed by atoms with Gasteiger partial charge in [0.2, 0.25) is 0 Å².